The third-order valence-corrected chi connectivity index (χ3v) is 5.29. The lowest BCUT2D eigenvalue weighted by molar-refractivity contribution is -0.158. The summed E-state index contributed by atoms with van der Waals surface area (Å²) in [5.74, 6) is -2.39. The number of unbranched alkanes of at least 4 members (excludes halogenated alkanes) is 11. The number of hydrogen-bond acceptors (Lipinski definition) is 3. The third kappa shape index (κ3) is 9.98. The molecule has 150 valence electrons. The van der Waals surface area contributed by atoms with Crippen LogP contribution in [-0.2, 0) is 14.3 Å². The van der Waals surface area contributed by atoms with Gasteiger partial charge in [0, 0.05) is 0 Å². The number of aliphatic carboxylic acids is 1. The van der Waals surface area contributed by atoms with E-state index in [9.17, 15) is 14.7 Å². The van der Waals surface area contributed by atoms with Crippen LogP contribution in [0.4, 0.5) is 0 Å². The summed E-state index contributed by atoms with van der Waals surface area (Å²) in [7, 11) is 0. The highest BCUT2D eigenvalue weighted by Crippen LogP contribution is 2.27. The molecular weight excluding hydrogens is 328 g/mol. The van der Waals surface area contributed by atoms with Crippen LogP contribution in [0.1, 0.15) is 96.8 Å². The van der Waals surface area contributed by atoms with Crippen molar-refractivity contribution in [2.75, 3.05) is 6.61 Å². The summed E-state index contributed by atoms with van der Waals surface area (Å²) in [5.41, 5.74) is 0. The van der Waals surface area contributed by atoms with Gasteiger partial charge >= 0.3 is 11.9 Å². The first-order chi connectivity index (χ1) is 12.7. The van der Waals surface area contributed by atoms with Gasteiger partial charge in [-0.3, -0.25) is 9.59 Å². The van der Waals surface area contributed by atoms with Crippen molar-refractivity contribution in [1.29, 1.82) is 0 Å². The number of carbonyl (C=O) groups excluding carboxylic acids is 1. The number of allylic oxidation sites excluding steroid dienone is 2. The summed E-state index contributed by atoms with van der Waals surface area (Å²) in [6, 6.07) is 0. The maximum absolute atomic E-state index is 12.1. The van der Waals surface area contributed by atoms with Crippen LogP contribution in [0.2, 0.25) is 0 Å². The van der Waals surface area contributed by atoms with Gasteiger partial charge in [0.25, 0.3) is 0 Å². The minimum absolute atomic E-state index is 0.343. The Morgan fingerprint density at radius 1 is 0.808 bits per heavy atom. The highest BCUT2D eigenvalue weighted by atomic mass is 16.5. The summed E-state index contributed by atoms with van der Waals surface area (Å²) in [5, 5.41) is 9.20. The van der Waals surface area contributed by atoms with Gasteiger partial charge < -0.3 is 9.84 Å². The first-order valence-electron chi connectivity index (χ1n) is 10.7. The van der Waals surface area contributed by atoms with E-state index in [1.807, 2.05) is 12.2 Å². The molecule has 1 aliphatic rings. The van der Waals surface area contributed by atoms with Crippen LogP contribution in [0, 0.1) is 11.8 Å². The number of carboxylic acids is 1. The first-order valence-corrected chi connectivity index (χ1v) is 10.7. The third-order valence-electron chi connectivity index (χ3n) is 5.29. The van der Waals surface area contributed by atoms with Crippen LogP contribution in [0.25, 0.3) is 0 Å². The van der Waals surface area contributed by atoms with Gasteiger partial charge in [-0.2, -0.15) is 0 Å². The van der Waals surface area contributed by atoms with Crippen LogP contribution >= 0.6 is 0 Å². The predicted octanol–water partition coefficient (Wildman–Crippen LogP) is 5.90. The first kappa shape index (κ1) is 22.7. The van der Waals surface area contributed by atoms with Crippen LogP contribution in [0.3, 0.4) is 0 Å². The van der Waals surface area contributed by atoms with Gasteiger partial charge in [-0.05, 0) is 19.3 Å². The molecule has 1 N–H and O–H groups in total. The van der Waals surface area contributed by atoms with E-state index in [-0.39, 0.29) is 5.97 Å². The summed E-state index contributed by atoms with van der Waals surface area (Å²) >= 11 is 0. The van der Waals surface area contributed by atoms with Crippen molar-refractivity contribution in [1.82, 2.24) is 0 Å². The van der Waals surface area contributed by atoms with Gasteiger partial charge in [0.15, 0.2) is 0 Å². The van der Waals surface area contributed by atoms with Gasteiger partial charge in [-0.25, -0.2) is 0 Å². The maximum Gasteiger partial charge on any atom is 0.310 e. The second kappa shape index (κ2) is 14.8. The zero-order valence-corrected chi connectivity index (χ0v) is 16.6. The Balaban J connectivity index is 1.94. The fourth-order valence-corrected chi connectivity index (χ4v) is 3.57. The van der Waals surface area contributed by atoms with E-state index in [0.29, 0.717) is 19.4 Å². The van der Waals surface area contributed by atoms with Crippen LogP contribution < -0.4 is 0 Å². The largest absolute Gasteiger partial charge is 0.481 e. The van der Waals surface area contributed by atoms with Crippen LogP contribution in [0.5, 0.6) is 0 Å². The molecule has 0 aromatic heterocycles. The van der Waals surface area contributed by atoms with Crippen molar-refractivity contribution in [3.05, 3.63) is 12.2 Å². The molecular formula is C22H38O4. The maximum atomic E-state index is 12.1. The minimum atomic E-state index is -0.901. The van der Waals surface area contributed by atoms with Crippen LogP contribution in [-0.4, -0.2) is 23.7 Å². The molecule has 0 aliphatic heterocycles. The molecule has 2 atom stereocenters. The number of rotatable bonds is 15. The predicted molar refractivity (Wildman–Crippen MR) is 105 cm³/mol. The molecule has 26 heavy (non-hydrogen) atoms. The molecule has 1 aliphatic carbocycles. The molecule has 2 unspecified atom stereocenters. The van der Waals surface area contributed by atoms with Crippen molar-refractivity contribution in [3.63, 3.8) is 0 Å². The minimum Gasteiger partial charge on any atom is -0.481 e. The van der Waals surface area contributed by atoms with E-state index in [4.69, 9.17) is 4.74 Å². The lowest BCUT2D eigenvalue weighted by atomic mass is 9.83. The van der Waals surface area contributed by atoms with E-state index in [1.54, 1.807) is 0 Å². The lowest BCUT2D eigenvalue weighted by Gasteiger charge is -2.23. The molecule has 0 saturated heterocycles. The van der Waals surface area contributed by atoms with E-state index in [2.05, 4.69) is 6.92 Å². The van der Waals surface area contributed by atoms with Crippen molar-refractivity contribution in [2.45, 2.75) is 96.8 Å². The molecule has 0 heterocycles. The normalized spacial score (nSPS) is 19.4. The fraction of sp³-hybridized carbons (Fsp3) is 0.818. The fourth-order valence-electron chi connectivity index (χ4n) is 3.57. The summed E-state index contributed by atoms with van der Waals surface area (Å²) in [4.78, 5) is 23.3. The molecule has 0 radical (unpaired) electrons. The SMILES string of the molecule is CCCCCCCCCCCCCCOC(=O)C1CC=CCC1C(=O)O. The Hall–Kier alpha value is -1.32. The second-order valence-corrected chi connectivity index (χ2v) is 7.55. The molecule has 0 spiro atoms. The van der Waals surface area contributed by atoms with Gasteiger partial charge in [-0.15, -0.1) is 0 Å². The molecule has 0 aromatic rings. The standard InChI is InChI=1S/C22H38O4/c1-2-3-4-5-6-7-8-9-10-11-12-15-18-26-22(25)20-17-14-13-16-19(20)21(23)24/h13-14,19-20H,2-12,15-18H2,1H3,(H,23,24). The highest BCUT2D eigenvalue weighted by Gasteiger charge is 2.34. The van der Waals surface area contributed by atoms with E-state index < -0.39 is 17.8 Å². The van der Waals surface area contributed by atoms with Crippen molar-refractivity contribution in [3.8, 4) is 0 Å². The topological polar surface area (TPSA) is 63.6 Å². The average Bonchev–Trinajstić information content (AvgIpc) is 2.65. The Labute approximate surface area is 159 Å². The van der Waals surface area contributed by atoms with E-state index >= 15 is 0 Å². The number of ether oxygens (including phenoxy) is 1. The molecule has 0 amide bonds. The monoisotopic (exact) mass is 366 g/mol. The number of carbonyl (C=O) groups is 2. The average molecular weight is 367 g/mol. The number of carboxylic acid groups (broad SMARTS) is 1. The lowest BCUT2D eigenvalue weighted by Crippen LogP contribution is -2.32. The molecule has 0 bridgehead atoms. The van der Waals surface area contributed by atoms with Crippen molar-refractivity contribution in [2.24, 2.45) is 11.8 Å². The molecule has 4 heteroatoms. The quantitative estimate of drug-likeness (QED) is 0.223. The number of esters is 1. The van der Waals surface area contributed by atoms with Gasteiger partial charge in [0.2, 0.25) is 0 Å². The van der Waals surface area contributed by atoms with Gasteiger partial charge in [0.1, 0.15) is 0 Å². The zero-order chi connectivity index (χ0) is 19.0. The molecule has 0 aromatic carbocycles. The van der Waals surface area contributed by atoms with Crippen molar-refractivity contribution < 1.29 is 19.4 Å². The second-order valence-electron chi connectivity index (χ2n) is 7.55. The summed E-state index contributed by atoms with van der Waals surface area (Å²) in [6.07, 6.45) is 19.9. The zero-order valence-electron chi connectivity index (χ0n) is 16.6. The van der Waals surface area contributed by atoms with E-state index in [1.165, 1.54) is 64.2 Å². The Morgan fingerprint density at radius 2 is 1.27 bits per heavy atom. The Morgan fingerprint density at radius 3 is 1.77 bits per heavy atom. The Bertz CT molecular complexity index is 416. The van der Waals surface area contributed by atoms with Crippen LogP contribution in [0.15, 0.2) is 12.2 Å². The molecule has 0 fully saturated rings. The summed E-state index contributed by atoms with van der Waals surface area (Å²) in [6.45, 7) is 2.67. The van der Waals surface area contributed by atoms with Crippen molar-refractivity contribution >= 4 is 11.9 Å². The Kier molecular flexibility index (Phi) is 12.9. The smallest absolute Gasteiger partial charge is 0.310 e. The summed E-state index contributed by atoms with van der Waals surface area (Å²) < 4.78 is 5.32. The highest BCUT2D eigenvalue weighted by molar-refractivity contribution is 5.81. The van der Waals surface area contributed by atoms with Gasteiger partial charge in [0.05, 0.1) is 18.4 Å². The van der Waals surface area contributed by atoms with E-state index in [0.717, 1.165) is 12.8 Å². The van der Waals surface area contributed by atoms with Gasteiger partial charge in [-0.1, -0.05) is 89.7 Å². The molecule has 4 nitrogen and oxygen atoms in total. The molecule has 0 saturated carbocycles. The molecule has 1 rings (SSSR count). The number of hydrogen-bond donors (Lipinski definition) is 1.